The lowest BCUT2D eigenvalue weighted by Gasteiger charge is -2.07. The minimum absolute atomic E-state index is 0.0606. The Morgan fingerprint density at radius 1 is 1.58 bits per heavy atom. The quantitative estimate of drug-likeness (QED) is 0.504. The van der Waals surface area contributed by atoms with Gasteiger partial charge >= 0.3 is 0 Å². The Labute approximate surface area is 91.1 Å². The summed E-state index contributed by atoms with van der Waals surface area (Å²) in [5, 5.41) is 0. The molecule has 0 spiro atoms. The summed E-state index contributed by atoms with van der Waals surface area (Å²) in [5.41, 5.74) is 0.994. The van der Waals surface area contributed by atoms with E-state index < -0.39 is 0 Å². The van der Waals surface area contributed by atoms with Gasteiger partial charge in [-0.25, -0.2) is 0 Å². The summed E-state index contributed by atoms with van der Waals surface area (Å²) >= 11 is 6.52. The summed E-state index contributed by atoms with van der Waals surface area (Å²) in [7, 11) is 0. The summed E-state index contributed by atoms with van der Waals surface area (Å²) in [6.07, 6.45) is 0.932. The van der Waals surface area contributed by atoms with E-state index in [1.165, 1.54) is 0 Å². The van der Waals surface area contributed by atoms with E-state index in [0.29, 0.717) is 0 Å². The third-order valence-electron chi connectivity index (χ3n) is 1.69. The molecule has 0 aromatic heterocycles. The largest absolute Gasteiger partial charge is 0.303 e. The molecule has 0 fully saturated rings. The first kappa shape index (κ1) is 10.1. The predicted molar refractivity (Wildman–Crippen MR) is 60.9 cm³/mol. The van der Waals surface area contributed by atoms with Crippen LogP contribution in [0.4, 0.5) is 0 Å². The van der Waals surface area contributed by atoms with Crippen molar-refractivity contribution in [2.45, 2.75) is 17.7 Å². The van der Waals surface area contributed by atoms with E-state index in [4.69, 9.17) is 0 Å². The van der Waals surface area contributed by atoms with Crippen molar-refractivity contribution < 1.29 is 4.79 Å². The smallest absolute Gasteiger partial charge is 0.127 e. The Balaban J connectivity index is 3.09. The molecular weight excluding hydrogens is 283 g/mol. The van der Waals surface area contributed by atoms with E-state index in [-0.39, 0.29) is 5.92 Å². The molecule has 0 amide bonds. The lowest BCUT2D eigenvalue weighted by molar-refractivity contribution is -0.108. The fourth-order valence-corrected chi connectivity index (χ4v) is 2.13. The van der Waals surface area contributed by atoms with E-state index in [1.807, 2.05) is 25.1 Å². The summed E-state index contributed by atoms with van der Waals surface area (Å²) < 4.78 is 1.14. The van der Waals surface area contributed by atoms with Crippen molar-refractivity contribution in [2.24, 2.45) is 0 Å². The second-order valence-corrected chi connectivity index (χ2v) is 4.36. The third-order valence-corrected chi connectivity index (χ3v) is 2.75. The number of halogens is 1. The zero-order valence-corrected chi connectivity index (χ0v) is 9.67. The number of benzene rings is 1. The first-order chi connectivity index (χ1) is 5.65. The van der Waals surface area contributed by atoms with E-state index in [2.05, 4.69) is 35.2 Å². The molecule has 0 saturated heterocycles. The molecule has 0 aliphatic heterocycles. The molecule has 0 saturated carbocycles. The molecule has 0 aliphatic rings. The van der Waals surface area contributed by atoms with Crippen LogP contribution in [0.25, 0.3) is 0 Å². The van der Waals surface area contributed by atoms with Crippen LogP contribution in [-0.2, 0) is 4.79 Å². The van der Waals surface area contributed by atoms with Crippen molar-refractivity contribution in [3.05, 3.63) is 27.3 Å². The van der Waals surface area contributed by atoms with Crippen molar-refractivity contribution in [2.75, 3.05) is 0 Å². The van der Waals surface area contributed by atoms with Crippen molar-refractivity contribution >= 4 is 41.5 Å². The van der Waals surface area contributed by atoms with Crippen molar-refractivity contribution in [1.29, 1.82) is 0 Å². The monoisotopic (exact) mass is 292 g/mol. The zero-order valence-electron chi connectivity index (χ0n) is 6.62. The number of carbonyl (C=O) groups excluding carboxylic acids is 1. The molecule has 1 rings (SSSR count). The summed E-state index contributed by atoms with van der Waals surface area (Å²) in [4.78, 5) is 11.4. The Morgan fingerprint density at radius 2 is 2.25 bits per heavy atom. The average molecular weight is 292 g/mol. The average Bonchev–Trinajstić information content (AvgIpc) is 2.03. The number of carbonyl (C=O) groups is 1. The Kier molecular flexibility index (Phi) is 3.58. The van der Waals surface area contributed by atoms with Gasteiger partial charge in [-0.1, -0.05) is 13.0 Å². The minimum atomic E-state index is -0.0606. The topological polar surface area (TPSA) is 17.1 Å². The maximum absolute atomic E-state index is 10.5. The van der Waals surface area contributed by atoms with Crippen LogP contribution in [-0.4, -0.2) is 6.29 Å². The van der Waals surface area contributed by atoms with Crippen molar-refractivity contribution in [3.63, 3.8) is 0 Å². The molecule has 1 aromatic carbocycles. The van der Waals surface area contributed by atoms with Crippen molar-refractivity contribution in [3.8, 4) is 0 Å². The van der Waals surface area contributed by atoms with Gasteiger partial charge < -0.3 is 4.79 Å². The van der Waals surface area contributed by atoms with Gasteiger partial charge in [-0.05, 0) is 40.3 Å². The number of thiol groups is 1. The lowest BCUT2D eigenvalue weighted by atomic mass is 10.0. The Bertz CT molecular complexity index is 299. The van der Waals surface area contributed by atoms with Crippen molar-refractivity contribution in [1.82, 2.24) is 0 Å². The second-order valence-electron chi connectivity index (χ2n) is 2.63. The van der Waals surface area contributed by atoms with Crippen LogP contribution in [0.2, 0.25) is 0 Å². The molecule has 64 valence electrons. The number of hydrogen-bond acceptors (Lipinski definition) is 2. The number of hydrogen-bond donors (Lipinski definition) is 1. The highest BCUT2D eigenvalue weighted by Crippen LogP contribution is 2.23. The molecule has 0 radical (unpaired) electrons. The number of rotatable bonds is 2. The van der Waals surface area contributed by atoms with Gasteiger partial charge in [0.25, 0.3) is 0 Å². The van der Waals surface area contributed by atoms with Crippen LogP contribution < -0.4 is 0 Å². The highest BCUT2D eigenvalue weighted by molar-refractivity contribution is 14.1. The van der Waals surface area contributed by atoms with Gasteiger partial charge in [-0.2, -0.15) is 0 Å². The molecular formula is C9H9IOS. The van der Waals surface area contributed by atoms with Gasteiger partial charge in [-0.3, -0.25) is 0 Å². The SMILES string of the molecule is CC(C=O)c1ccc(I)cc1S. The molecule has 3 heteroatoms. The molecule has 1 atom stereocenters. The van der Waals surface area contributed by atoms with Gasteiger partial charge in [0.1, 0.15) is 6.29 Å². The highest BCUT2D eigenvalue weighted by atomic mass is 127. The lowest BCUT2D eigenvalue weighted by Crippen LogP contribution is -1.95. The van der Waals surface area contributed by atoms with E-state index >= 15 is 0 Å². The summed E-state index contributed by atoms with van der Waals surface area (Å²) in [5.74, 6) is -0.0606. The predicted octanol–water partition coefficient (Wildman–Crippen LogP) is 2.88. The van der Waals surface area contributed by atoms with Crippen LogP contribution in [0.1, 0.15) is 18.4 Å². The zero-order chi connectivity index (χ0) is 9.14. The maximum Gasteiger partial charge on any atom is 0.127 e. The highest BCUT2D eigenvalue weighted by Gasteiger charge is 2.06. The fourth-order valence-electron chi connectivity index (χ4n) is 0.975. The minimum Gasteiger partial charge on any atom is -0.303 e. The number of aldehydes is 1. The van der Waals surface area contributed by atoms with Gasteiger partial charge in [-0.15, -0.1) is 12.6 Å². The van der Waals surface area contributed by atoms with E-state index in [9.17, 15) is 4.79 Å². The van der Waals surface area contributed by atoms with Crippen LogP contribution in [0, 0.1) is 3.57 Å². The van der Waals surface area contributed by atoms with Gasteiger partial charge in [0, 0.05) is 14.4 Å². The first-order valence-electron chi connectivity index (χ1n) is 3.59. The molecule has 0 heterocycles. The van der Waals surface area contributed by atoms with Crippen LogP contribution >= 0.6 is 35.2 Å². The third kappa shape index (κ3) is 2.23. The van der Waals surface area contributed by atoms with Gasteiger partial charge in [0.15, 0.2) is 0 Å². The van der Waals surface area contributed by atoms with E-state index in [0.717, 1.165) is 20.3 Å². The molecule has 0 bridgehead atoms. The molecule has 1 unspecified atom stereocenters. The van der Waals surface area contributed by atoms with Crippen LogP contribution in [0.5, 0.6) is 0 Å². The van der Waals surface area contributed by atoms with E-state index in [1.54, 1.807) is 0 Å². The van der Waals surface area contributed by atoms with Gasteiger partial charge in [0.05, 0.1) is 0 Å². The molecule has 1 aromatic rings. The van der Waals surface area contributed by atoms with Gasteiger partial charge in [0.2, 0.25) is 0 Å². The summed E-state index contributed by atoms with van der Waals surface area (Å²) in [6, 6.07) is 5.89. The molecule has 12 heavy (non-hydrogen) atoms. The fraction of sp³-hybridized carbons (Fsp3) is 0.222. The van der Waals surface area contributed by atoms with Crippen LogP contribution in [0.15, 0.2) is 23.1 Å². The molecule has 0 N–H and O–H groups in total. The molecule has 1 nitrogen and oxygen atoms in total. The Morgan fingerprint density at radius 3 is 2.75 bits per heavy atom. The molecule has 0 aliphatic carbocycles. The first-order valence-corrected chi connectivity index (χ1v) is 5.11. The second kappa shape index (κ2) is 4.28. The van der Waals surface area contributed by atoms with Crippen LogP contribution in [0.3, 0.4) is 0 Å². The maximum atomic E-state index is 10.5. The normalized spacial score (nSPS) is 12.6. The standard InChI is InChI=1S/C9H9IOS/c1-6(5-11)8-3-2-7(10)4-9(8)12/h2-6,12H,1H3. The summed E-state index contributed by atoms with van der Waals surface area (Å²) in [6.45, 7) is 1.87. The Hall–Kier alpha value is -0.0300.